The van der Waals surface area contributed by atoms with Gasteiger partial charge in [-0.15, -0.1) is 0 Å². The van der Waals surface area contributed by atoms with Crippen LogP contribution in [0.5, 0.6) is 0 Å². The average molecular weight is 168 g/mol. The second-order valence-corrected chi connectivity index (χ2v) is 3.57. The number of nitrogens with zero attached hydrogens (tertiary/aromatic N) is 1. The summed E-state index contributed by atoms with van der Waals surface area (Å²) in [7, 11) is 0. The summed E-state index contributed by atoms with van der Waals surface area (Å²) >= 11 is 0. The van der Waals surface area contributed by atoms with Crippen molar-refractivity contribution in [3.05, 3.63) is 18.4 Å². The first-order valence-electron chi connectivity index (χ1n) is 3.70. The Morgan fingerprint density at radius 2 is 2.25 bits per heavy atom. The molecule has 1 rings (SSSR count). The average Bonchev–Trinajstić information content (AvgIpc) is 2.32. The topological polar surface area (TPSA) is 55.1 Å². The highest BCUT2D eigenvalue weighted by Crippen LogP contribution is 2.02. The normalized spacial score (nSPS) is 11.2. The number of rotatable bonds is 1. The lowest BCUT2D eigenvalue weighted by molar-refractivity contribution is 0.0891. The molecule has 1 heterocycles. The van der Waals surface area contributed by atoms with Crippen molar-refractivity contribution >= 4 is 5.91 Å². The van der Waals surface area contributed by atoms with Crippen LogP contribution in [0, 0.1) is 0 Å². The third kappa shape index (κ3) is 2.38. The molecule has 4 heteroatoms. The Bertz CT molecular complexity index is 259. The van der Waals surface area contributed by atoms with Gasteiger partial charge in [0.25, 0.3) is 5.91 Å². The van der Waals surface area contributed by atoms with Gasteiger partial charge >= 0.3 is 0 Å². The van der Waals surface area contributed by atoms with Gasteiger partial charge in [-0.25, -0.2) is 4.98 Å². The lowest BCUT2D eigenvalue weighted by atomic mass is 10.1. The molecule has 0 aliphatic heterocycles. The fourth-order valence-electron chi connectivity index (χ4n) is 0.730. The van der Waals surface area contributed by atoms with E-state index in [2.05, 4.69) is 10.3 Å². The standard InChI is InChI=1S/C8H12N2O2/c1-8(2,3)10-7(11)6-4-9-5-12-6/h4-5H,1-3H3,(H,10,11). The molecular weight excluding hydrogens is 156 g/mol. The predicted molar refractivity (Wildman–Crippen MR) is 43.7 cm³/mol. The fourth-order valence-corrected chi connectivity index (χ4v) is 0.730. The first-order valence-corrected chi connectivity index (χ1v) is 3.70. The SMILES string of the molecule is CC(C)(C)NC(=O)c1cnco1. The molecule has 0 saturated carbocycles. The summed E-state index contributed by atoms with van der Waals surface area (Å²) in [6.07, 6.45) is 2.62. The van der Waals surface area contributed by atoms with Crippen molar-refractivity contribution in [1.29, 1.82) is 0 Å². The van der Waals surface area contributed by atoms with Gasteiger partial charge in [-0.1, -0.05) is 0 Å². The van der Waals surface area contributed by atoms with E-state index in [1.807, 2.05) is 20.8 Å². The van der Waals surface area contributed by atoms with E-state index in [1.54, 1.807) is 0 Å². The first-order chi connectivity index (χ1) is 5.49. The van der Waals surface area contributed by atoms with Gasteiger partial charge in [0.2, 0.25) is 5.76 Å². The Hall–Kier alpha value is -1.32. The van der Waals surface area contributed by atoms with Gasteiger partial charge in [-0.05, 0) is 20.8 Å². The van der Waals surface area contributed by atoms with Crippen molar-refractivity contribution in [2.45, 2.75) is 26.3 Å². The maximum Gasteiger partial charge on any atom is 0.289 e. The highest BCUT2D eigenvalue weighted by Gasteiger charge is 2.16. The monoisotopic (exact) mass is 168 g/mol. The van der Waals surface area contributed by atoms with Gasteiger partial charge in [0.15, 0.2) is 6.39 Å². The van der Waals surface area contributed by atoms with Crippen LogP contribution in [-0.4, -0.2) is 16.4 Å². The minimum atomic E-state index is -0.246. The molecule has 12 heavy (non-hydrogen) atoms. The molecule has 0 radical (unpaired) electrons. The maximum absolute atomic E-state index is 11.3. The molecule has 4 nitrogen and oxygen atoms in total. The van der Waals surface area contributed by atoms with E-state index in [0.717, 1.165) is 0 Å². The summed E-state index contributed by atoms with van der Waals surface area (Å²) < 4.78 is 4.82. The van der Waals surface area contributed by atoms with Gasteiger partial charge < -0.3 is 9.73 Å². The van der Waals surface area contributed by atoms with Gasteiger partial charge in [0.1, 0.15) is 0 Å². The van der Waals surface area contributed by atoms with Gasteiger partial charge in [0.05, 0.1) is 6.20 Å². The highest BCUT2D eigenvalue weighted by molar-refractivity contribution is 5.91. The van der Waals surface area contributed by atoms with Crippen molar-refractivity contribution in [2.24, 2.45) is 0 Å². The lowest BCUT2D eigenvalue weighted by Gasteiger charge is -2.19. The molecule has 0 aliphatic carbocycles. The number of amides is 1. The van der Waals surface area contributed by atoms with E-state index in [4.69, 9.17) is 4.42 Å². The Labute approximate surface area is 71.0 Å². The highest BCUT2D eigenvalue weighted by atomic mass is 16.3. The van der Waals surface area contributed by atoms with Crippen LogP contribution in [0.25, 0.3) is 0 Å². The smallest absolute Gasteiger partial charge is 0.289 e. The molecule has 0 spiro atoms. The second kappa shape index (κ2) is 2.97. The van der Waals surface area contributed by atoms with E-state index < -0.39 is 0 Å². The Morgan fingerprint density at radius 1 is 1.58 bits per heavy atom. The first kappa shape index (κ1) is 8.77. The summed E-state index contributed by atoms with van der Waals surface area (Å²) in [5.41, 5.74) is -0.246. The molecule has 0 saturated heterocycles. The number of aromatic nitrogens is 1. The van der Waals surface area contributed by atoms with Gasteiger partial charge in [-0.3, -0.25) is 4.79 Å². The lowest BCUT2D eigenvalue weighted by Crippen LogP contribution is -2.40. The molecular formula is C8H12N2O2. The molecule has 0 bridgehead atoms. The zero-order valence-electron chi connectivity index (χ0n) is 7.42. The number of carbonyl (C=O) groups excluding carboxylic acids is 1. The van der Waals surface area contributed by atoms with Crippen molar-refractivity contribution in [1.82, 2.24) is 10.3 Å². The molecule has 0 fully saturated rings. The third-order valence-corrected chi connectivity index (χ3v) is 1.14. The molecule has 0 aliphatic rings. The van der Waals surface area contributed by atoms with Gasteiger partial charge in [-0.2, -0.15) is 0 Å². The van der Waals surface area contributed by atoms with Crippen LogP contribution in [0.1, 0.15) is 31.3 Å². The zero-order valence-corrected chi connectivity index (χ0v) is 7.42. The molecule has 66 valence electrons. The van der Waals surface area contributed by atoms with Crippen LogP contribution in [0.15, 0.2) is 17.0 Å². The number of oxazole rings is 1. The van der Waals surface area contributed by atoms with Crippen LogP contribution in [0.4, 0.5) is 0 Å². The maximum atomic E-state index is 11.3. The van der Waals surface area contributed by atoms with Crippen molar-refractivity contribution in [3.8, 4) is 0 Å². The Kier molecular flexibility index (Phi) is 2.17. The molecule has 0 unspecified atom stereocenters. The molecule has 1 aromatic heterocycles. The summed E-state index contributed by atoms with van der Waals surface area (Å²) in [5, 5.41) is 2.75. The molecule has 0 atom stereocenters. The molecule has 1 N–H and O–H groups in total. The summed E-state index contributed by atoms with van der Waals surface area (Å²) in [6, 6.07) is 0. The predicted octanol–water partition coefficient (Wildman–Crippen LogP) is 1.20. The van der Waals surface area contributed by atoms with E-state index in [-0.39, 0.29) is 17.2 Å². The summed E-state index contributed by atoms with van der Waals surface area (Å²) in [4.78, 5) is 14.9. The van der Waals surface area contributed by atoms with Crippen molar-refractivity contribution in [3.63, 3.8) is 0 Å². The van der Waals surface area contributed by atoms with Crippen LogP contribution < -0.4 is 5.32 Å². The van der Waals surface area contributed by atoms with E-state index in [9.17, 15) is 4.79 Å². The zero-order chi connectivity index (χ0) is 9.19. The van der Waals surface area contributed by atoms with E-state index >= 15 is 0 Å². The largest absolute Gasteiger partial charge is 0.438 e. The van der Waals surface area contributed by atoms with Crippen LogP contribution in [0.2, 0.25) is 0 Å². The van der Waals surface area contributed by atoms with Crippen LogP contribution in [0.3, 0.4) is 0 Å². The number of hydrogen-bond donors (Lipinski definition) is 1. The molecule has 1 aromatic rings. The number of hydrogen-bond acceptors (Lipinski definition) is 3. The van der Waals surface area contributed by atoms with Crippen LogP contribution >= 0.6 is 0 Å². The summed E-state index contributed by atoms with van der Waals surface area (Å²) in [5.74, 6) is 0.00456. The van der Waals surface area contributed by atoms with E-state index in [1.165, 1.54) is 12.6 Å². The van der Waals surface area contributed by atoms with Gasteiger partial charge in [0, 0.05) is 5.54 Å². The van der Waals surface area contributed by atoms with Crippen molar-refractivity contribution in [2.75, 3.05) is 0 Å². The summed E-state index contributed by atoms with van der Waals surface area (Å²) in [6.45, 7) is 5.71. The second-order valence-electron chi connectivity index (χ2n) is 3.57. The fraction of sp³-hybridized carbons (Fsp3) is 0.500. The molecule has 1 amide bonds. The number of nitrogens with one attached hydrogen (secondary N) is 1. The third-order valence-electron chi connectivity index (χ3n) is 1.14. The van der Waals surface area contributed by atoms with E-state index in [0.29, 0.717) is 0 Å². The molecule has 0 aromatic carbocycles. The minimum absolute atomic E-state index is 0.236. The van der Waals surface area contributed by atoms with Crippen molar-refractivity contribution < 1.29 is 9.21 Å². The number of carbonyl (C=O) groups is 1. The Morgan fingerprint density at radius 3 is 2.67 bits per heavy atom. The van der Waals surface area contributed by atoms with Crippen LogP contribution in [-0.2, 0) is 0 Å². The quantitative estimate of drug-likeness (QED) is 0.685. The Balaban J connectivity index is 2.63. The minimum Gasteiger partial charge on any atom is -0.438 e.